The van der Waals surface area contributed by atoms with Crippen LogP contribution in [0.25, 0.3) is 16.8 Å². The van der Waals surface area contributed by atoms with Gasteiger partial charge in [0.15, 0.2) is 0 Å². The standard InChI is InChI=1S/C22H13BrClFN2O2/c23-20-13-26-27(18-9-5-16(24)6-10-18)22(28)21(20)29-19-11-3-15(4-12-19)14-1-7-17(25)8-2-14/h1-13H. The van der Waals surface area contributed by atoms with Crippen molar-refractivity contribution in [3.05, 3.63) is 105 Å². The Bertz CT molecular complexity index is 1210. The minimum atomic E-state index is -0.413. The van der Waals surface area contributed by atoms with E-state index in [0.29, 0.717) is 20.9 Å². The molecule has 1 heterocycles. The first-order valence-electron chi connectivity index (χ1n) is 8.59. The first-order chi connectivity index (χ1) is 14.0. The van der Waals surface area contributed by atoms with Crippen LogP contribution in [-0.2, 0) is 0 Å². The van der Waals surface area contributed by atoms with Crippen LogP contribution in [0.2, 0.25) is 5.02 Å². The summed E-state index contributed by atoms with van der Waals surface area (Å²) in [5, 5.41) is 4.71. The third-order valence-electron chi connectivity index (χ3n) is 4.21. The van der Waals surface area contributed by atoms with Crippen LogP contribution in [0.15, 0.2) is 88.3 Å². The van der Waals surface area contributed by atoms with Gasteiger partial charge in [-0.2, -0.15) is 9.78 Å². The second-order valence-electron chi connectivity index (χ2n) is 6.15. The lowest BCUT2D eigenvalue weighted by atomic mass is 10.1. The third kappa shape index (κ3) is 4.23. The average Bonchev–Trinajstić information content (AvgIpc) is 2.73. The Morgan fingerprint density at radius 2 is 1.48 bits per heavy atom. The van der Waals surface area contributed by atoms with Gasteiger partial charge in [0.1, 0.15) is 11.6 Å². The SMILES string of the molecule is O=c1c(Oc2ccc(-c3ccc(F)cc3)cc2)c(Br)cnn1-c1ccc(Cl)cc1. The second kappa shape index (κ2) is 8.19. The molecule has 144 valence electrons. The Kier molecular flexibility index (Phi) is 5.47. The molecule has 0 aliphatic heterocycles. The molecule has 1 aromatic heterocycles. The zero-order valence-electron chi connectivity index (χ0n) is 14.9. The van der Waals surface area contributed by atoms with Gasteiger partial charge in [0.2, 0.25) is 5.75 Å². The summed E-state index contributed by atoms with van der Waals surface area (Å²) in [5.41, 5.74) is 1.95. The van der Waals surface area contributed by atoms with Gasteiger partial charge in [-0.25, -0.2) is 4.39 Å². The molecule has 0 aliphatic carbocycles. The molecule has 0 radical (unpaired) electrons. The predicted octanol–water partition coefficient (Wildman–Crippen LogP) is 6.25. The molecule has 3 aromatic carbocycles. The fourth-order valence-corrected chi connectivity index (χ4v) is 3.22. The van der Waals surface area contributed by atoms with Gasteiger partial charge >= 0.3 is 5.56 Å². The van der Waals surface area contributed by atoms with E-state index in [-0.39, 0.29) is 11.6 Å². The van der Waals surface area contributed by atoms with Crippen molar-refractivity contribution in [1.82, 2.24) is 9.78 Å². The number of aromatic nitrogens is 2. The zero-order chi connectivity index (χ0) is 20.4. The topological polar surface area (TPSA) is 44.1 Å². The lowest BCUT2D eigenvalue weighted by Gasteiger charge is -2.11. The number of halogens is 3. The molecular formula is C22H13BrClFN2O2. The average molecular weight is 472 g/mol. The van der Waals surface area contributed by atoms with Gasteiger partial charge in [0, 0.05) is 5.02 Å². The van der Waals surface area contributed by atoms with Crippen LogP contribution >= 0.6 is 27.5 Å². The summed E-state index contributed by atoms with van der Waals surface area (Å²) in [6, 6.07) is 20.2. The summed E-state index contributed by atoms with van der Waals surface area (Å²) in [6.07, 6.45) is 1.50. The summed E-state index contributed by atoms with van der Waals surface area (Å²) in [7, 11) is 0. The van der Waals surface area contributed by atoms with E-state index >= 15 is 0 Å². The number of rotatable bonds is 4. The molecule has 29 heavy (non-hydrogen) atoms. The van der Waals surface area contributed by atoms with Crippen molar-refractivity contribution in [2.45, 2.75) is 0 Å². The van der Waals surface area contributed by atoms with Crippen molar-refractivity contribution < 1.29 is 9.13 Å². The van der Waals surface area contributed by atoms with Crippen LogP contribution < -0.4 is 10.3 Å². The summed E-state index contributed by atoms with van der Waals surface area (Å²) in [6.45, 7) is 0. The maximum Gasteiger partial charge on any atom is 0.315 e. The maximum absolute atomic E-state index is 13.1. The van der Waals surface area contributed by atoms with Crippen molar-refractivity contribution >= 4 is 27.5 Å². The molecule has 7 heteroatoms. The zero-order valence-corrected chi connectivity index (χ0v) is 17.2. The second-order valence-corrected chi connectivity index (χ2v) is 7.44. The van der Waals surface area contributed by atoms with Crippen LogP contribution in [0.3, 0.4) is 0 Å². The molecule has 0 amide bonds. The number of ether oxygens (including phenoxy) is 1. The van der Waals surface area contributed by atoms with Crippen LogP contribution in [0.1, 0.15) is 0 Å². The van der Waals surface area contributed by atoms with Crippen LogP contribution in [0, 0.1) is 5.82 Å². The highest BCUT2D eigenvalue weighted by Gasteiger charge is 2.14. The van der Waals surface area contributed by atoms with Crippen molar-refractivity contribution in [1.29, 1.82) is 0 Å². The minimum Gasteiger partial charge on any atom is -0.450 e. The highest BCUT2D eigenvalue weighted by atomic mass is 79.9. The molecule has 0 spiro atoms. The van der Waals surface area contributed by atoms with E-state index in [1.807, 2.05) is 12.1 Å². The van der Waals surface area contributed by atoms with Gasteiger partial charge in [-0.15, -0.1) is 0 Å². The molecule has 0 fully saturated rings. The molecule has 0 aliphatic rings. The third-order valence-corrected chi connectivity index (χ3v) is 5.03. The molecule has 0 saturated carbocycles. The maximum atomic E-state index is 13.1. The number of nitrogens with zero attached hydrogens (tertiary/aromatic N) is 2. The van der Waals surface area contributed by atoms with E-state index in [9.17, 15) is 9.18 Å². The minimum absolute atomic E-state index is 0.115. The predicted molar refractivity (Wildman–Crippen MR) is 114 cm³/mol. The van der Waals surface area contributed by atoms with E-state index in [1.165, 1.54) is 23.0 Å². The molecule has 0 atom stereocenters. The Morgan fingerprint density at radius 3 is 2.10 bits per heavy atom. The Hall–Kier alpha value is -2.96. The smallest absolute Gasteiger partial charge is 0.315 e. The normalized spacial score (nSPS) is 10.7. The summed E-state index contributed by atoms with van der Waals surface area (Å²) in [4.78, 5) is 12.9. The van der Waals surface area contributed by atoms with Crippen LogP contribution in [0.4, 0.5) is 4.39 Å². The summed E-state index contributed by atoms with van der Waals surface area (Å²) < 4.78 is 20.6. The monoisotopic (exact) mass is 470 g/mol. The van der Waals surface area contributed by atoms with Gasteiger partial charge in [-0.05, 0) is 75.6 Å². The van der Waals surface area contributed by atoms with Gasteiger partial charge in [-0.3, -0.25) is 4.79 Å². The Balaban J connectivity index is 1.64. The van der Waals surface area contributed by atoms with Crippen molar-refractivity contribution in [2.24, 2.45) is 0 Å². The molecule has 0 bridgehead atoms. The van der Waals surface area contributed by atoms with E-state index in [2.05, 4.69) is 21.0 Å². The Morgan fingerprint density at radius 1 is 0.897 bits per heavy atom. The fourth-order valence-electron chi connectivity index (χ4n) is 2.75. The first kappa shape index (κ1) is 19.4. The lowest BCUT2D eigenvalue weighted by molar-refractivity contribution is 0.464. The molecule has 4 nitrogen and oxygen atoms in total. The highest BCUT2D eigenvalue weighted by Crippen LogP contribution is 2.28. The molecular weight excluding hydrogens is 459 g/mol. The molecule has 0 saturated heterocycles. The van der Waals surface area contributed by atoms with E-state index < -0.39 is 5.56 Å². The van der Waals surface area contributed by atoms with Crippen molar-refractivity contribution in [3.63, 3.8) is 0 Å². The van der Waals surface area contributed by atoms with Crippen LogP contribution in [0.5, 0.6) is 11.5 Å². The first-order valence-corrected chi connectivity index (χ1v) is 9.76. The highest BCUT2D eigenvalue weighted by molar-refractivity contribution is 9.10. The van der Waals surface area contributed by atoms with Gasteiger partial charge in [0.25, 0.3) is 0 Å². The molecule has 0 N–H and O–H groups in total. The molecule has 4 aromatic rings. The largest absolute Gasteiger partial charge is 0.450 e. The van der Waals surface area contributed by atoms with Gasteiger partial charge in [-0.1, -0.05) is 35.9 Å². The lowest BCUT2D eigenvalue weighted by Crippen LogP contribution is -2.22. The summed E-state index contributed by atoms with van der Waals surface area (Å²) in [5.74, 6) is 0.320. The summed E-state index contributed by atoms with van der Waals surface area (Å²) >= 11 is 9.23. The van der Waals surface area contributed by atoms with Crippen LogP contribution in [-0.4, -0.2) is 9.78 Å². The molecule has 0 unspecified atom stereocenters. The van der Waals surface area contributed by atoms with Crippen molar-refractivity contribution in [3.8, 4) is 28.3 Å². The van der Waals surface area contributed by atoms with E-state index in [1.54, 1.807) is 48.5 Å². The Labute approximate surface area is 179 Å². The number of hydrogen-bond donors (Lipinski definition) is 0. The number of hydrogen-bond acceptors (Lipinski definition) is 3. The number of benzene rings is 3. The van der Waals surface area contributed by atoms with E-state index in [0.717, 1.165) is 11.1 Å². The molecule has 4 rings (SSSR count). The van der Waals surface area contributed by atoms with Gasteiger partial charge in [0.05, 0.1) is 16.4 Å². The van der Waals surface area contributed by atoms with Crippen molar-refractivity contribution in [2.75, 3.05) is 0 Å². The van der Waals surface area contributed by atoms with E-state index in [4.69, 9.17) is 16.3 Å². The fraction of sp³-hybridized carbons (Fsp3) is 0. The van der Waals surface area contributed by atoms with Gasteiger partial charge < -0.3 is 4.74 Å². The quantitative estimate of drug-likeness (QED) is 0.353.